The zero-order chi connectivity index (χ0) is 19.7. The van der Waals surface area contributed by atoms with Gasteiger partial charge in [0.15, 0.2) is 0 Å². The lowest BCUT2D eigenvalue weighted by Gasteiger charge is -2.26. The predicted octanol–water partition coefficient (Wildman–Crippen LogP) is 2.69. The molecule has 7 heteroatoms. The van der Waals surface area contributed by atoms with Gasteiger partial charge in [0.1, 0.15) is 6.04 Å². The van der Waals surface area contributed by atoms with Crippen LogP contribution in [0.15, 0.2) is 36.5 Å². The lowest BCUT2D eigenvalue weighted by atomic mass is 9.92. The minimum Gasteiger partial charge on any atom is -0.348 e. The van der Waals surface area contributed by atoms with Crippen LogP contribution < -0.4 is 16.2 Å². The van der Waals surface area contributed by atoms with E-state index in [2.05, 4.69) is 80.0 Å². The fraction of sp³-hybridized carbons (Fsp3) is 0.524. The molecule has 1 aromatic carbocycles. The largest absolute Gasteiger partial charge is 0.348 e. The Morgan fingerprint density at radius 3 is 2.82 bits per heavy atom. The first-order chi connectivity index (χ1) is 13.5. The topological polar surface area (TPSA) is 71.0 Å². The summed E-state index contributed by atoms with van der Waals surface area (Å²) in [5.41, 5.74) is 10.1. The van der Waals surface area contributed by atoms with Gasteiger partial charge in [0.05, 0.1) is 23.6 Å². The molecule has 1 aliphatic carbocycles. The molecule has 150 valence electrons. The Hall–Kier alpha value is -1.70. The summed E-state index contributed by atoms with van der Waals surface area (Å²) >= 11 is 3.71. The smallest absolute Gasteiger partial charge is 0.240 e. The first-order valence-electron chi connectivity index (χ1n) is 10.1. The van der Waals surface area contributed by atoms with Crippen LogP contribution in [0.25, 0.3) is 0 Å². The summed E-state index contributed by atoms with van der Waals surface area (Å²) in [5.74, 6) is 0.471. The summed E-state index contributed by atoms with van der Waals surface area (Å²) in [6.07, 6.45) is 4.96. The number of hydrogen-bond acceptors (Lipinski definition) is 4. The summed E-state index contributed by atoms with van der Waals surface area (Å²) in [7, 11) is 0. The molecule has 2 heterocycles. The number of carbonyl (C=O) groups excluding carboxylic acids is 1. The molecule has 2 aliphatic rings. The third-order valence-corrected chi connectivity index (χ3v) is 6.92. The van der Waals surface area contributed by atoms with E-state index in [0.29, 0.717) is 5.92 Å². The number of fused-ring (bicyclic) bond motifs is 1. The molecule has 2 aromatic rings. The number of nitrogens with zero attached hydrogens (tertiary/aromatic N) is 2. The van der Waals surface area contributed by atoms with E-state index in [0.717, 1.165) is 31.4 Å². The first-order valence-corrected chi connectivity index (χ1v) is 11.0. The zero-order valence-corrected chi connectivity index (χ0v) is 17.9. The van der Waals surface area contributed by atoms with Crippen molar-refractivity contribution in [2.75, 3.05) is 0 Å². The van der Waals surface area contributed by atoms with Gasteiger partial charge in [-0.25, -0.2) is 5.43 Å². The molecule has 1 aromatic heterocycles. The van der Waals surface area contributed by atoms with Crippen molar-refractivity contribution in [2.45, 2.75) is 62.6 Å². The van der Waals surface area contributed by atoms with Crippen LogP contribution in [0.4, 0.5) is 0 Å². The van der Waals surface area contributed by atoms with Crippen molar-refractivity contribution in [3.8, 4) is 0 Å². The lowest BCUT2D eigenvalue weighted by Crippen LogP contribution is -2.47. The van der Waals surface area contributed by atoms with E-state index in [1.165, 1.54) is 11.3 Å². The van der Waals surface area contributed by atoms with E-state index in [4.69, 9.17) is 0 Å². The number of alkyl halides is 1. The second-order valence-corrected chi connectivity index (χ2v) is 9.18. The van der Waals surface area contributed by atoms with Gasteiger partial charge in [-0.1, -0.05) is 60.1 Å². The zero-order valence-electron chi connectivity index (χ0n) is 16.4. The van der Waals surface area contributed by atoms with Crippen molar-refractivity contribution in [3.63, 3.8) is 0 Å². The monoisotopic (exact) mass is 445 g/mol. The Labute approximate surface area is 174 Å². The minimum absolute atomic E-state index is 0.0281. The molecule has 0 radical (unpaired) electrons. The molecule has 6 nitrogen and oxygen atoms in total. The fourth-order valence-corrected chi connectivity index (χ4v) is 5.33. The van der Waals surface area contributed by atoms with Crippen molar-refractivity contribution in [1.82, 2.24) is 25.9 Å². The average Bonchev–Trinajstić information content (AvgIpc) is 3.27. The molecule has 4 atom stereocenters. The number of carbonyl (C=O) groups is 1. The quantitative estimate of drug-likeness (QED) is 0.618. The molecular weight excluding hydrogens is 418 g/mol. The molecular formula is C21H28BrN5O. The van der Waals surface area contributed by atoms with Gasteiger partial charge in [-0.3, -0.25) is 14.9 Å². The van der Waals surface area contributed by atoms with Gasteiger partial charge in [0, 0.05) is 17.3 Å². The third kappa shape index (κ3) is 3.88. The number of rotatable bonds is 5. The summed E-state index contributed by atoms with van der Waals surface area (Å²) in [5, 5.41) is 7.89. The second kappa shape index (κ2) is 8.35. The Morgan fingerprint density at radius 1 is 1.32 bits per heavy atom. The Kier molecular flexibility index (Phi) is 5.85. The van der Waals surface area contributed by atoms with Crippen LogP contribution >= 0.6 is 15.9 Å². The van der Waals surface area contributed by atoms with E-state index < -0.39 is 0 Å². The van der Waals surface area contributed by atoms with Gasteiger partial charge in [0.2, 0.25) is 5.91 Å². The van der Waals surface area contributed by atoms with Crippen LogP contribution in [-0.4, -0.2) is 32.6 Å². The highest BCUT2D eigenvalue weighted by molar-refractivity contribution is 9.09. The van der Waals surface area contributed by atoms with Crippen LogP contribution in [0.5, 0.6) is 0 Å². The summed E-state index contributed by atoms with van der Waals surface area (Å²) in [4.78, 5) is 13.0. The molecule has 1 fully saturated rings. The number of amides is 1. The highest BCUT2D eigenvalue weighted by Gasteiger charge is 2.40. The molecule has 1 aliphatic heterocycles. The molecule has 4 unspecified atom stereocenters. The molecule has 3 N–H and O–H groups in total. The van der Waals surface area contributed by atoms with Crippen LogP contribution in [0.2, 0.25) is 0 Å². The third-order valence-electron chi connectivity index (χ3n) is 5.82. The highest BCUT2D eigenvalue weighted by atomic mass is 79.9. The number of aromatic nitrogens is 2. The standard InChI is InChI=1S/C21H28BrN5O/c1-13(2)19-18(22)20(26-25-19)21(28)24-16-9-6-10-17-15(16)11-23-27(17)12-14-7-4-3-5-8-14/h3-5,7-8,11,13,16,18-20,25-26H,6,9-10,12H2,1-2H3,(H,24,28). The molecule has 4 rings (SSSR count). The Bertz CT molecular complexity index is 821. The Balaban J connectivity index is 1.46. The number of benzene rings is 1. The maximum absolute atomic E-state index is 12.9. The Morgan fingerprint density at radius 2 is 2.11 bits per heavy atom. The number of nitrogens with one attached hydrogen (secondary N) is 3. The van der Waals surface area contributed by atoms with Gasteiger partial charge < -0.3 is 5.32 Å². The maximum Gasteiger partial charge on any atom is 0.240 e. The van der Waals surface area contributed by atoms with E-state index in [1.807, 2.05) is 12.3 Å². The number of halogens is 1. The van der Waals surface area contributed by atoms with Gasteiger partial charge in [-0.05, 0) is 30.7 Å². The summed E-state index contributed by atoms with van der Waals surface area (Å²) < 4.78 is 2.08. The second-order valence-electron chi connectivity index (χ2n) is 8.12. The van der Waals surface area contributed by atoms with Crippen molar-refractivity contribution in [2.24, 2.45) is 5.92 Å². The van der Waals surface area contributed by atoms with Crippen LogP contribution in [-0.2, 0) is 17.8 Å². The van der Waals surface area contributed by atoms with E-state index in [1.54, 1.807) is 0 Å². The van der Waals surface area contributed by atoms with Crippen LogP contribution in [0.3, 0.4) is 0 Å². The molecule has 0 bridgehead atoms. The van der Waals surface area contributed by atoms with Gasteiger partial charge in [-0.2, -0.15) is 5.10 Å². The fourth-order valence-electron chi connectivity index (χ4n) is 4.22. The summed E-state index contributed by atoms with van der Waals surface area (Å²) in [6.45, 7) is 5.08. The van der Waals surface area contributed by atoms with E-state index in [9.17, 15) is 4.79 Å². The highest BCUT2D eigenvalue weighted by Crippen LogP contribution is 2.31. The molecule has 0 saturated carbocycles. The van der Waals surface area contributed by atoms with Gasteiger partial charge >= 0.3 is 0 Å². The predicted molar refractivity (Wildman–Crippen MR) is 113 cm³/mol. The van der Waals surface area contributed by atoms with Crippen molar-refractivity contribution in [1.29, 1.82) is 0 Å². The van der Waals surface area contributed by atoms with E-state index in [-0.39, 0.29) is 28.9 Å². The number of hydrazine groups is 1. The SMILES string of the molecule is CC(C)C1NNC(C(=O)NC2CCCc3c2cnn3Cc2ccccc2)C1Br. The normalized spacial score (nSPS) is 27.0. The van der Waals surface area contributed by atoms with Crippen molar-refractivity contribution < 1.29 is 4.79 Å². The van der Waals surface area contributed by atoms with Crippen molar-refractivity contribution in [3.05, 3.63) is 53.3 Å². The maximum atomic E-state index is 12.9. The van der Waals surface area contributed by atoms with Gasteiger partial charge in [-0.15, -0.1) is 0 Å². The van der Waals surface area contributed by atoms with Crippen molar-refractivity contribution >= 4 is 21.8 Å². The lowest BCUT2D eigenvalue weighted by molar-refractivity contribution is -0.123. The molecule has 1 amide bonds. The van der Waals surface area contributed by atoms with Crippen LogP contribution in [0, 0.1) is 5.92 Å². The first kappa shape index (κ1) is 19.6. The number of hydrogen-bond donors (Lipinski definition) is 3. The van der Waals surface area contributed by atoms with E-state index >= 15 is 0 Å². The molecule has 1 saturated heterocycles. The van der Waals surface area contributed by atoms with Crippen LogP contribution in [0.1, 0.15) is 49.6 Å². The molecule has 28 heavy (non-hydrogen) atoms. The minimum atomic E-state index is -0.280. The summed E-state index contributed by atoms with van der Waals surface area (Å²) in [6, 6.07) is 10.4. The average molecular weight is 446 g/mol. The molecule has 0 spiro atoms. The van der Waals surface area contributed by atoms with Gasteiger partial charge in [0.25, 0.3) is 0 Å².